The van der Waals surface area contributed by atoms with Crippen LogP contribution >= 0.6 is 11.6 Å². The molecule has 3 N–H and O–H groups in total. The lowest BCUT2D eigenvalue weighted by Crippen LogP contribution is -2.36. The first-order valence-corrected chi connectivity index (χ1v) is 9.94. The fraction of sp³-hybridized carbons (Fsp3) is 0.318. The van der Waals surface area contributed by atoms with Crippen LogP contribution < -0.4 is 10.6 Å². The van der Waals surface area contributed by atoms with E-state index in [-0.39, 0.29) is 11.8 Å². The van der Waals surface area contributed by atoms with Crippen LogP contribution in [0.25, 0.3) is 0 Å². The molecule has 0 spiro atoms. The Kier molecular flexibility index (Phi) is 6.54. The molecular formula is C22H23ClN2O4. The molecule has 2 unspecified atom stereocenters. The molecule has 0 aromatic heterocycles. The highest BCUT2D eigenvalue weighted by Crippen LogP contribution is 2.32. The Morgan fingerprint density at radius 1 is 0.966 bits per heavy atom. The summed E-state index contributed by atoms with van der Waals surface area (Å²) >= 11 is 5.86. The molecule has 0 saturated heterocycles. The number of carboxylic acid groups (broad SMARTS) is 1. The molecule has 1 saturated carbocycles. The molecule has 7 heteroatoms. The number of benzene rings is 2. The predicted molar refractivity (Wildman–Crippen MR) is 112 cm³/mol. The van der Waals surface area contributed by atoms with Crippen molar-refractivity contribution in [3.05, 3.63) is 58.6 Å². The van der Waals surface area contributed by atoms with Crippen LogP contribution in [-0.2, 0) is 9.59 Å². The third-order valence-corrected chi connectivity index (χ3v) is 5.53. The van der Waals surface area contributed by atoms with Crippen LogP contribution in [0.2, 0.25) is 5.02 Å². The maximum absolute atomic E-state index is 12.7. The minimum absolute atomic E-state index is 0.286. The van der Waals surface area contributed by atoms with Crippen molar-refractivity contribution < 1.29 is 19.5 Å². The molecule has 1 fully saturated rings. The monoisotopic (exact) mass is 414 g/mol. The highest BCUT2D eigenvalue weighted by molar-refractivity contribution is 6.30. The van der Waals surface area contributed by atoms with E-state index >= 15 is 0 Å². The molecule has 1 aliphatic carbocycles. The van der Waals surface area contributed by atoms with Gasteiger partial charge in [0, 0.05) is 22.0 Å². The predicted octanol–water partition coefficient (Wildman–Crippen LogP) is 4.73. The second-order valence-corrected chi connectivity index (χ2v) is 7.75. The van der Waals surface area contributed by atoms with Crippen LogP contribution in [0.3, 0.4) is 0 Å². The summed E-state index contributed by atoms with van der Waals surface area (Å²) in [5.41, 5.74) is 2.39. The van der Waals surface area contributed by atoms with E-state index in [4.69, 9.17) is 11.6 Å². The fourth-order valence-electron chi connectivity index (χ4n) is 3.61. The maximum atomic E-state index is 12.7. The largest absolute Gasteiger partial charge is 0.481 e. The van der Waals surface area contributed by atoms with Gasteiger partial charge in [0.05, 0.1) is 11.8 Å². The van der Waals surface area contributed by atoms with Gasteiger partial charge in [-0.3, -0.25) is 14.4 Å². The summed E-state index contributed by atoms with van der Waals surface area (Å²) in [6.07, 6.45) is 2.75. The molecule has 1 aliphatic rings. The van der Waals surface area contributed by atoms with Gasteiger partial charge < -0.3 is 15.7 Å². The summed E-state index contributed by atoms with van der Waals surface area (Å²) in [5, 5.41) is 15.6. The molecule has 0 heterocycles. The molecule has 2 aromatic rings. The average molecular weight is 415 g/mol. The van der Waals surface area contributed by atoms with E-state index in [9.17, 15) is 19.5 Å². The second kappa shape index (κ2) is 9.09. The quantitative estimate of drug-likeness (QED) is 0.659. The molecule has 3 rings (SSSR count). The highest BCUT2D eigenvalue weighted by Gasteiger charge is 2.35. The molecule has 2 aromatic carbocycles. The van der Waals surface area contributed by atoms with Crippen molar-refractivity contribution in [3.63, 3.8) is 0 Å². The van der Waals surface area contributed by atoms with Crippen molar-refractivity contribution in [1.82, 2.24) is 0 Å². The Morgan fingerprint density at radius 2 is 1.62 bits per heavy atom. The number of aryl methyl sites for hydroxylation is 1. The van der Waals surface area contributed by atoms with Gasteiger partial charge in [0.2, 0.25) is 5.91 Å². The van der Waals surface area contributed by atoms with Crippen LogP contribution in [0.4, 0.5) is 11.4 Å². The number of hydrogen-bond acceptors (Lipinski definition) is 3. The molecule has 0 aliphatic heterocycles. The normalized spacial score (nSPS) is 18.7. The first-order valence-electron chi connectivity index (χ1n) is 9.56. The van der Waals surface area contributed by atoms with Crippen LogP contribution in [0, 0.1) is 18.8 Å². The molecule has 0 bridgehead atoms. The van der Waals surface area contributed by atoms with Crippen molar-refractivity contribution in [2.45, 2.75) is 32.6 Å². The van der Waals surface area contributed by atoms with Gasteiger partial charge in [0.15, 0.2) is 0 Å². The van der Waals surface area contributed by atoms with E-state index in [1.165, 1.54) is 0 Å². The second-order valence-electron chi connectivity index (χ2n) is 7.32. The van der Waals surface area contributed by atoms with Crippen LogP contribution in [0.5, 0.6) is 0 Å². The van der Waals surface area contributed by atoms with Gasteiger partial charge in [-0.1, -0.05) is 30.5 Å². The summed E-state index contributed by atoms with van der Waals surface area (Å²) in [4.78, 5) is 36.6. The van der Waals surface area contributed by atoms with Crippen LogP contribution in [0.1, 0.15) is 41.6 Å². The Balaban J connectivity index is 1.73. The lowest BCUT2D eigenvalue weighted by molar-refractivity contribution is -0.147. The van der Waals surface area contributed by atoms with E-state index in [2.05, 4.69) is 10.6 Å². The van der Waals surface area contributed by atoms with Gasteiger partial charge in [-0.25, -0.2) is 0 Å². The molecule has 29 heavy (non-hydrogen) atoms. The number of rotatable bonds is 5. The van der Waals surface area contributed by atoms with Gasteiger partial charge in [-0.15, -0.1) is 0 Å². The van der Waals surface area contributed by atoms with Crippen molar-refractivity contribution in [1.29, 1.82) is 0 Å². The number of carbonyl (C=O) groups is 3. The fourth-order valence-corrected chi connectivity index (χ4v) is 3.73. The SMILES string of the molecule is Cc1ccc(NC(=O)C2CCCCC2C(=O)O)cc1NC(=O)c1ccc(Cl)cc1. The van der Waals surface area contributed by atoms with E-state index in [1.807, 2.05) is 6.92 Å². The first kappa shape index (κ1) is 20.9. The summed E-state index contributed by atoms with van der Waals surface area (Å²) in [5.74, 6) is -2.71. The third kappa shape index (κ3) is 5.15. The standard InChI is InChI=1S/C22H23ClN2O4/c1-13-6-11-16(24-21(27)17-4-2-3-5-18(17)22(28)29)12-19(13)25-20(26)14-7-9-15(23)10-8-14/h6-12,17-18H,2-5H2,1H3,(H,24,27)(H,25,26)(H,28,29). The van der Waals surface area contributed by atoms with E-state index < -0.39 is 17.8 Å². The van der Waals surface area contributed by atoms with Crippen LogP contribution in [-0.4, -0.2) is 22.9 Å². The zero-order chi connectivity index (χ0) is 21.0. The molecule has 2 amide bonds. The Labute approximate surface area is 174 Å². The van der Waals surface area contributed by atoms with Crippen molar-refractivity contribution in [2.24, 2.45) is 11.8 Å². The number of carbonyl (C=O) groups excluding carboxylic acids is 2. The Morgan fingerprint density at radius 3 is 2.28 bits per heavy atom. The number of hydrogen-bond donors (Lipinski definition) is 3. The smallest absolute Gasteiger partial charge is 0.307 e. The lowest BCUT2D eigenvalue weighted by atomic mass is 9.78. The summed E-state index contributed by atoms with van der Waals surface area (Å²) in [6, 6.07) is 11.8. The van der Waals surface area contributed by atoms with Gasteiger partial charge in [0.1, 0.15) is 0 Å². The minimum atomic E-state index is -0.926. The van der Waals surface area contributed by atoms with Crippen molar-refractivity contribution in [3.8, 4) is 0 Å². The molecule has 6 nitrogen and oxygen atoms in total. The van der Waals surface area contributed by atoms with E-state index in [0.29, 0.717) is 34.8 Å². The number of nitrogens with one attached hydrogen (secondary N) is 2. The summed E-state index contributed by atoms with van der Waals surface area (Å²) < 4.78 is 0. The lowest BCUT2D eigenvalue weighted by Gasteiger charge is -2.27. The zero-order valence-electron chi connectivity index (χ0n) is 16.1. The number of halogens is 1. The van der Waals surface area contributed by atoms with Crippen molar-refractivity contribution in [2.75, 3.05) is 10.6 Å². The first-order chi connectivity index (χ1) is 13.8. The van der Waals surface area contributed by atoms with Gasteiger partial charge in [-0.05, 0) is 61.7 Å². The van der Waals surface area contributed by atoms with Gasteiger partial charge >= 0.3 is 5.97 Å². The Bertz CT molecular complexity index is 927. The third-order valence-electron chi connectivity index (χ3n) is 5.28. The zero-order valence-corrected chi connectivity index (χ0v) is 16.8. The van der Waals surface area contributed by atoms with Gasteiger partial charge in [-0.2, -0.15) is 0 Å². The van der Waals surface area contributed by atoms with Crippen molar-refractivity contribution >= 4 is 40.8 Å². The molecule has 2 atom stereocenters. The molecule has 152 valence electrons. The number of amides is 2. The number of anilines is 2. The summed E-state index contributed by atoms with van der Waals surface area (Å²) in [6.45, 7) is 1.85. The minimum Gasteiger partial charge on any atom is -0.481 e. The van der Waals surface area contributed by atoms with E-state index in [1.54, 1.807) is 42.5 Å². The van der Waals surface area contributed by atoms with Gasteiger partial charge in [0.25, 0.3) is 5.91 Å². The Hall–Kier alpha value is -2.86. The molecular weight excluding hydrogens is 392 g/mol. The topological polar surface area (TPSA) is 95.5 Å². The number of aliphatic carboxylic acids is 1. The average Bonchev–Trinajstić information content (AvgIpc) is 2.70. The van der Waals surface area contributed by atoms with Crippen LogP contribution in [0.15, 0.2) is 42.5 Å². The van der Waals surface area contributed by atoms with E-state index in [0.717, 1.165) is 18.4 Å². The molecule has 0 radical (unpaired) electrons. The number of carboxylic acids is 1. The highest BCUT2D eigenvalue weighted by atomic mass is 35.5. The maximum Gasteiger partial charge on any atom is 0.307 e. The summed E-state index contributed by atoms with van der Waals surface area (Å²) in [7, 11) is 0.